The molecule has 0 spiro atoms. The third-order valence-corrected chi connectivity index (χ3v) is 10.0. The van der Waals surface area contributed by atoms with Crippen molar-refractivity contribution in [3.05, 3.63) is 87.5 Å². The maximum absolute atomic E-state index is 14.0. The van der Waals surface area contributed by atoms with Crippen LogP contribution in [0.1, 0.15) is 68.6 Å². The molecule has 1 aliphatic rings. The second kappa shape index (κ2) is 16.2. The molecule has 0 radical (unpaired) electrons. The molecule has 278 valence electrons. The highest BCUT2D eigenvalue weighted by atomic mass is 16.5. The monoisotopic (exact) mass is 721 g/mol. The third-order valence-electron chi connectivity index (χ3n) is 10.0. The summed E-state index contributed by atoms with van der Waals surface area (Å²) in [6.45, 7) is 5.39. The number of nitrogens with zero attached hydrogens (tertiary/aromatic N) is 2. The summed E-state index contributed by atoms with van der Waals surface area (Å²) < 4.78 is 17.2. The van der Waals surface area contributed by atoms with Gasteiger partial charge in [-0.15, -0.1) is 5.10 Å². The summed E-state index contributed by atoms with van der Waals surface area (Å²) in [5.41, 5.74) is 5.24. The predicted octanol–water partition coefficient (Wildman–Crippen LogP) is 6.10. The van der Waals surface area contributed by atoms with Crippen molar-refractivity contribution in [2.75, 3.05) is 32.0 Å². The van der Waals surface area contributed by atoms with E-state index in [-0.39, 0.29) is 34.8 Å². The van der Waals surface area contributed by atoms with Crippen LogP contribution in [0.5, 0.6) is 17.2 Å². The van der Waals surface area contributed by atoms with Crippen molar-refractivity contribution in [2.45, 2.75) is 71.4 Å². The smallest absolute Gasteiger partial charge is 0.249 e. The summed E-state index contributed by atoms with van der Waals surface area (Å²) in [6.07, 6.45) is 6.20. The van der Waals surface area contributed by atoms with Crippen LogP contribution in [-0.4, -0.2) is 59.4 Å². The summed E-state index contributed by atoms with van der Waals surface area (Å²) in [4.78, 5) is 48.0. The van der Waals surface area contributed by atoms with Crippen LogP contribution in [-0.2, 0) is 28.9 Å². The number of H-pyrrole nitrogens is 2. The average molecular weight is 722 g/mol. The SMILES string of the molecule is CCC(C)C(Nc1ccc2c(cc1=O)C(NC(C)=O)CCc1cc(OC)c(OC)c(OC)c1-2)C(=O)Nc1n[nH]c(CCCc2c[nH]c3ccccc23)n1. The van der Waals surface area contributed by atoms with Crippen LogP contribution in [0.4, 0.5) is 11.6 Å². The Kier molecular flexibility index (Phi) is 11.3. The number of fused-ring (bicyclic) bond motifs is 4. The molecular weight excluding hydrogens is 674 g/mol. The van der Waals surface area contributed by atoms with Gasteiger partial charge in [0.15, 0.2) is 11.5 Å². The van der Waals surface area contributed by atoms with Gasteiger partial charge in [-0.2, -0.15) is 4.98 Å². The number of carbonyl (C=O) groups excluding carboxylic acids is 2. The van der Waals surface area contributed by atoms with Crippen LogP contribution in [0.2, 0.25) is 0 Å². The summed E-state index contributed by atoms with van der Waals surface area (Å²) >= 11 is 0. The first-order valence-corrected chi connectivity index (χ1v) is 18.0. The molecule has 2 amide bonds. The molecule has 13 nitrogen and oxygen atoms in total. The number of hydrogen-bond acceptors (Lipinski definition) is 9. The molecule has 1 aliphatic carbocycles. The van der Waals surface area contributed by atoms with E-state index in [0.29, 0.717) is 59.9 Å². The van der Waals surface area contributed by atoms with Crippen molar-refractivity contribution >= 4 is 34.4 Å². The number of ether oxygens (including phenoxy) is 3. The summed E-state index contributed by atoms with van der Waals surface area (Å²) in [5.74, 6) is 1.50. The first-order valence-electron chi connectivity index (χ1n) is 18.0. The number of para-hydroxylation sites is 1. The maximum Gasteiger partial charge on any atom is 0.249 e. The summed E-state index contributed by atoms with van der Waals surface area (Å²) in [5, 5.41) is 17.5. The van der Waals surface area contributed by atoms with Gasteiger partial charge >= 0.3 is 0 Å². The molecule has 0 fully saturated rings. The van der Waals surface area contributed by atoms with E-state index in [4.69, 9.17) is 14.2 Å². The van der Waals surface area contributed by atoms with E-state index in [9.17, 15) is 14.4 Å². The van der Waals surface area contributed by atoms with Crippen molar-refractivity contribution in [3.63, 3.8) is 0 Å². The van der Waals surface area contributed by atoms with Gasteiger partial charge in [-0.1, -0.05) is 44.5 Å². The Bertz CT molecular complexity index is 2180. The minimum Gasteiger partial charge on any atom is -0.493 e. The minimum absolute atomic E-state index is 0.156. The molecule has 3 atom stereocenters. The lowest BCUT2D eigenvalue weighted by Gasteiger charge is -2.23. The Labute approximate surface area is 308 Å². The number of rotatable bonds is 14. The van der Waals surface area contributed by atoms with Gasteiger partial charge < -0.3 is 29.8 Å². The van der Waals surface area contributed by atoms with Gasteiger partial charge in [-0.3, -0.25) is 24.8 Å². The molecule has 2 aromatic heterocycles. The lowest BCUT2D eigenvalue weighted by molar-refractivity contribution is -0.120. The lowest BCUT2D eigenvalue weighted by Crippen LogP contribution is -2.41. The number of nitrogens with one attached hydrogen (secondary N) is 5. The summed E-state index contributed by atoms with van der Waals surface area (Å²) in [6, 6.07) is 13.9. The maximum atomic E-state index is 14.0. The largest absolute Gasteiger partial charge is 0.493 e. The van der Waals surface area contributed by atoms with Crippen molar-refractivity contribution < 1.29 is 23.8 Å². The molecule has 0 saturated heterocycles. The van der Waals surface area contributed by atoms with Gasteiger partial charge in [-0.25, -0.2) is 0 Å². The van der Waals surface area contributed by atoms with Gasteiger partial charge in [0, 0.05) is 36.0 Å². The number of carbonyl (C=O) groups is 2. The molecule has 0 aliphatic heterocycles. The predicted molar refractivity (Wildman–Crippen MR) is 205 cm³/mol. The zero-order valence-electron chi connectivity index (χ0n) is 31.0. The van der Waals surface area contributed by atoms with Crippen LogP contribution < -0.4 is 35.6 Å². The highest BCUT2D eigenvalue weighted by molar-refractivity contribution is 5.95. The van der Waals surface area contributed by atoms with Gasteiger partial charge in [0.1, 0.15) is 11.9 Å². The third kappa shape index (κ3) is 7.84. The standard InChI is InChI=1S/C40H47N7O6/c1-7-22(2)36(39(50)45-40-44-34(46-47-40)14-10-11-25-21-41-29-13-9-8-12-26(25)29)43-31-18-16-27-28(20-32(31)49)30(42-23(3)48)17-15-24-19-33(51-4)37(52-5)38(53-6)35(24)27/h8-9,12-13,16,18-22,30,36,41H,7,10-11,14-15,17H2,1-6H3,(H,42,48)(H,43,49)(H2,44,45,46,47,50). The number of anilines is 2. The molecule has 5 N–H and O–H groups in total. The number of methoxy groups -OCH3 is 3. The number of aryl methyl sites for hydroxylation is 3. The van der Waals surface area contributed by atoms with Crippen LogP contribution in [0.25, 0.3) is 22.0 Å². The van der Waals surface area contributed by atoms with Gasteiger partial charge in [0.25, 0.3) is 0 Å². The van der Waals surface area contributed by atoms with Gasteiger partial charge in [0.2, 0.25) is 28.9 Å². The lowest BCUT2D eigenvalue weighted by atomic mass is 9.95. The van der Waals surface area contributed by atoms with Crippen LogP contribution in [0.15, 0.2) is 59.5 Å². The van der Waals surface area contributed by atoms with Crippen molar-refractivity contribution in [3.8, 4) is 28.4 Å². The number of aromatic amines is 2. The molecule has 3 unspecified atom stereocenters. The molecule has 2 heterocycles. The van der Waals surface area contributed by atoms with Gasteiger partial charge in [-0.05, 0) is 78.1 Å². The summed E-state index contributed by atoms with van der Waals surface area (Å²) in [7, 11) is 4.66. The van der Waals surface area contributed by atoms with E-state index in [1.54, 1.807) is 27.4 Å². The molecule has 0 saturated carbocycles. The molecule has 53 heavy (non-hydrogen) atoms. The Balaban J connectivity index is 1.26. The van der Waals surface area contributed by atoms with Crippen molar-refractivity contribution in [2.24, 2.45) is 5.92 Å². The number of aromatic nitrogens is 4. The highest BCUT2D eigenvalue weighted by Crippen LogP contribution is 2.50. The second-order valence-corrected chi connectivity index (χ2v) is 13.4. The molecule has 5 aromatic rings. The number of benzene rings is 2. The molecule has 13 heteroatoms. The second-order valence-electron chi connectivity index (χ2n) is 13.4. The Morgan fingerprint density at radius 3 is 2.55 bits per heavy atom. The van der Waals surface area contributed by atoms with E-state index in [1.807, 2.05) is 44.3 Å². The van der Waals surface area contributed by atoms with Crippen molar-refractivity contribution in [1.29, 1.82) is 0 Å². The van der Waals surface area contributed by atoms with E-state index < -0.39 is 12.1 Å². The first kappa shape index (κ1) is 36.9. The molecule has 0 bridgehead atoms. The fourth-order valence-corrected chi connectivity index (χ4v) is 7.13. The topological polar surface area (TPSA) is 172 Å². The first-order chi connectivity index (χ1) is 25.6. The van der Waals surface area contributed by atoms with E-state index in [1.165, 1.54) is 23.9 Å². The van der Waals surface area contributed by atoms with Crippen molar-refractivity contribution in [1.82, 2.24) is 25.5 Å². The molecule has 3 aromatic carbocycles. The van der Waals surface area contributed by atoms with Gasteiger partial charge in [0.05, 0.1) is 33.1 Å². The van der Waals surface area contributed by atoms with E-state index in [2.05, 4.69) is 48.2 Å². The minimum atomic E-state index is -0.781. The van der Waals surface area contributed by atoms with E-state index in [0.717, 1.165) is 29.5 Å². The fraction of sp³-hybridized carbons (Fsp3) is 0.375. The normalized spacial score (nSPS) is 14.6. The van der Waals surface area contributed by atoms with E-state index >= 15 is 0 Å². The molecule has 6 rings (SSSR count). The van der Waals surface area contributed by atoms with Crippen LogP contribution in [0, 0.1) is 5.92 Å². The average Bonchev–Trinajstić information content (AvgIpc) is 3.71. The zero-order valence-corrected chi connectivity index (χ0v) is 31.0. The van der Waals surface area contributed by atoms with Crippen LogP contribution in [0.3, 0.4) is 0 Å². The Morgan fingerprint density at radius 1 is 1.02 bits per heavy atom. The zero-order chi connectivity index (χ0) is 37.6. The quantitative estimate of drug-likeness (QED) is 0.0908. The van der Waals surface area contributed by atoms with Crippen LogP contribution >= 0.6 is 0 Å². The number of amides is 2. The fourth-order valence-electron chi connectivity index (χ4n) is 7.13. The Morgan fingerprint density at radius 2 is 1.81 bits per heavy atom. The highest BCUT2D eigenvalue weighted by Gasteiger charge is 2.31. The Hall–Kier alpha value is -5.85. The molecular formula is C40H47N7O6. The number of hydrogen-bond donors (Lipinski definition) is 5.